The van der Waals surface area contributed by atoms with Crippen LogP contribution >= 0.6 is 12.4 Å². The summed E-state index contributed by atoms with van der Waals surface area (Å²) in [5.74, 6) is -0.980. The molecule has 2 unspecified atom stereocenters. The molecule has 0 amide bonds. The van der Waals surface area contributed by atoms with E-state index >= 15 is 0 Å². The van der Waals surface area contributed by atoms with Crippen molar-refractivity contribution < 1.29 is 17.9 Å². The zero-order valence-corrected chi connectivity index (χ0v) is 15.4. The minimum atomic E-state index is -3.56. The third-order valence-corrected chi connectivity index (χ3v) is 6.99. The van der Waals surface area contributed by atoms with Gasteiger partial charge in [0.2, 0.25) is 10.0 Å². The molecular weight excluding hydrogens is 340 g/mol. The zero-order chi connectivity index (χ0) is 16.2. The summed E-state index contributed by atoms with van der Waals surface area (Å²) in [4.78, 5) is 11.9. The van der Waals surface area contributed by atoms with E-state index in [0.717, 1.165) is 38.5 Å². The van der Waals surface area contributed by atoms with Gasteiger partial charge in [0.15, 0.2) is 0 Å². The molecule has 0 heterocycles. The highest BCUT2D eigenvalue weighted by Crippen LogP contribution is 2.31. The van der Waals surface area contributed by atoms with E-state index in [1.54, 1.807) is 0 Å². The van der Waals surface area contributed by atoms with Gasteiger partial charge in [-0.1, -0.05) is 32.1 Å². The first-order valence-electron chi connectivity index (χ1n) is 8.23. The molecule has 2 rings (SSSR count). The van der Waals surface area contributed by atoms with Crippen molar-refractivity contribution in [3.63, 3.8) is 0 Å². The first kappa shape index (κ1) is 20.7. The fourth-order valence-electron chi connectivity index (χ4n) is 3.67. The molecular formula is C15H29ClN2O4S. The van der Waals surface area contributed by atoms with Crippen LogP contribution in [0.5, 0.6) is 0 Å². The Morgan fingerprint density at radius 1 is 1.17 bits per heavy atom. The highest BCUT2D eigenvalue weighted by atomic mass is 35.5. The molecule has 2 saturated carbocycles. The number of nitrogens with one attached hydrogen (secondary N) is 1. The lowest BCUT2D eigenvalue weighted by atomic mass is 9.83. The third kappa shape index (κ3) is 5.31. The molecule has 0 spiro atoms. The SMILES string of the molecule is COC(=O)C1CCCCC1S(=O)(=O)NCC1(N)CCCCC1.Cl. The smallest absolute Gasteiger partial charge is 0.310 e. The van der Waals surface area contributed by atoms with Gasteiger partial charge in [0, 0.05) is 12.1 Å². The average molecular weight is 369 g/mol. The highest BCUT2D eigenvalue weighted by Gasteiger charge is 2.41. The van der Waals surface area contributed by atoms with E-state index in [2.05, 4.69) is 4.72 Å². The summed E-state index contributed by atoms with van der Waals surface area (Å²) in [5.41, 5.74) is 5.85. The van der Waals surface area contributed by atoms with Crippen molar-refractivity contribution in [2.45, 2.75) is 68.6 Å². The van der Waals surface area contributed by atoms with Crippen molar-refractivity contribution in [3.8, 4) is 0 Å². The van der Waals surface area contributed by atoms with E-state index in [-0.39, 0.29) is 19.0 Å². The van der Waals surface area contributed by atoms with E-state index in [1.165, 1.54) is 13.5 Å². The predicted molar refractivity (Wildman–Crippen MR) is 91.9 cm³/mol. The van der Waals surface area contributed by atoms with Crippen LogP contribution in [0.2, 0.25) is 0 Å². The van der Waals surface area contributed by atoms with Crippen molar-refractivity contribution in [2.24, 2.45) is 11.7 Å². The summed E-state index contributed by atoms with van der Waals surface area (Å²) in [7, 11) is -2.25. The van der Waals surface area contributed by atoms with Gasteiger partial charge in [-0.3, -0.25) is 4.79 Å². The van der Waals surface area contributed by atoms with Crippen LogP contribution in [-0.4, -0.2) is 38.8 Å². The summed E-state index contributed by atoms with van der Waals surface area (Å²) in [6.07, 6.45) is 7.73. The number of nitrogens with two attached hydrogens (primary N) is 1. The summed E-state index contributed by atoms with van der Waals surface area (Å²) >= 11 is 0. The lowest BCUT2D eigenvalue weighted by molar-refractivity contribution is -0.146. The molecule has 136 valence electrons. The Balaban J connectivity index is 0.00000264. The van der Waals surface area contributed by atoms with Crippen LogP contribution in [-0.2, 0) is 19.6 Å². The van der Waals surface area contributed by atoms with Crippen LogP contribution in [0.4, 0.5) is 0 Å². The maximum absolute atomic E-state index is 12.6. The topological polar surface area (TPSA) is 98.5 Å². The van der Waals surface area contributed by atoms with Gasteiger partial charge in [-0.25, -0.2) is 13.1 Å². The summed E-state index contributed by atoms with van der Waals surface area (Å²) in [6, 6.07) is 0. The van der Waals surface area contributed by atoms with Crippen LogP contribution in [0, 0.1) is 5.92 Å². The fourth-order valence-corrected chi connectivity index (χ4v) is 5.53. The molecule has 0 radical (unpaired) electrons. The number of carbonyl (C=O) groups is 1. The quantitative estimate of drug-likeness (QED) is 0.720. The molecule has 0 aliphatic heterocycles. The van der Waals surface area contributed by atoms with Gasteiger partial charge in [0.1, 0.15) is 0 Å². The molecule has 8 heteroatoms. The van der Waals surface area contributed by atoms with Gasteiger partial charge < -0.3 is 10.5 Å². The maximum atomic E-state index is 12.6. The Hall–Kier alpha value is -0.370. The molecule has 2 aliphatic carbocycles. The van der Waals surface area contributed by atoms with Gasteiger partial charge >= 0.3 is 5.97 Å². The van der Waals surface area contributed by atoms with Crippen molar-refractivity contribution in [2.75, 3.05) is 13.7 Å². The van der Waals surface area contributed by atoms with Crippen LogP contribution in [0.25, 0.3) is 0 Å². The third-order valence-electron chi connectivity index (χ3n) is 5.08. The van der Waals surface area contributed by atoms with Crippen LogP contribution < -0.4 is 10.5 Å². The molecule has 0 saturated heterocycles. The normalized spacial score (nSPS) is 27.7. The van der Waals surface area contributed by atoms with Crippen molar-refractivity contribution in [1.82, 2.24) is 4.72 Å². The van der Waals surface area contributed by atoms with Crippen molar-refractivity contribution in [3.05, 3.63) is 0 Å². The number of sulfonamides is 1. The number of ether oxygens (including phenoxy) is 1. The zero-order valence-electron chi connectivity index (χ0n) is 13.8. The summed E-state index contributed by atoms with van der Waals surface area (Å²) < 4.78 is 32.7. The number of hydrogen-bond acceptors (Lipinski definition) is 5. The molecule has 3 N–H and O–H groups in total. The fraction of sp³-hybridized carbons (Fsp3) is 0.933. The largest absolute Gasteiger partial charge is 0.469 e. The molecule has 0 aromatic carbocycles. The van der Waals surface area contributed by atoms with Crippen LogP contribution in [0.3, 0.4) is 0 Å². The molecule has 0 aromatic rings. The number of carbonyl (C=O) groups excluding carboxylic acids is 1. The van der Waals surface area contributed by atoms with E-state index < -0.39 is 32.7 Å². The minimum Gasteiger partial charge on any atom is -0.469 e. The van der Waals surface area contributed by atoms with E-state index in [1.807, 2.05) is 0 Å². The number of halogens is 1. The molecule has 6 nitrogen and oxygen atoms in total. The summed E-state index contributed by atoms with van der Waals surface area (Å²) in [6.45, 7) is 0.264. The molecule has 2 atom stereocenters. The van der Waals surface area contributed by atoms with E-state index in [4.69, 9.17) is 10.5 Å². The second-order valence-electron chi connectivity index (χ2n) is 6.74. The average Bonchev–Trinajstić information content (AvgIpc) is 2.53. The maximum Gasteiger partial charge on any atom is 0.310 e. The Bertz CT molecular complexity index is 492. The van der Waals surface area contributed by atoms with Gasteiger partial charge in [0.05, 0.1) is 18.3 Å². The molecule has 23 heavy (non-hydrogen) atoms. The monoisotopic (exact) mass is 368 g/mol. The number of hydrogen-bond donors (Lipinski definition) is 2. The van der Waals surface area contributed by atoms with Crippen LogP contribution in [0.15, 0.2) is 0 Å². The lowest BCUT2D eigenvalue weighted by Gasteiger charge is -2.35. The molecule has 2 fully saturated rings. The van der Waals surface area contributed by atoms with E-state index in [0.29, 0.717) is 12.8 Å². The van der Waals surface area contributed by atoms with Gasteiger partial charge in [0.25, 0.3) is 0 Å². The van der Waals surface area contributed by atoms with Crippen molar-refractivity contribution in [1.29, 1.82) is 0 Å². The van der Waals surface area contributed by atoms with Gasteiger partial charge in [-0.05, 0) is 25.7 Å². The molecule has 0 bridgehead atoms. The number of esters is 1. The van der Waals surface area contributed by atoms with Gasteiger partial charge in [-0.15, -0.1) is 12.4 Å². The van der Waals surface area contributed by atoms with Crippen LogP contribution in [0.1, 0.15) is 57.8 Å². The molecule has 2 aliphatic rings. The highest BCUT2D eigenvalue weighted by molar-refractivity contribution is 7.90. The summed E-state index contributed by atoms with van der Waals surface area (Å²) in [5, 5.41) is -0.694. The minimum absolute atomic E-state index is 0. The Morgan fingerprint density at radius 3 is 2.39 bits per heavy atom. The number of rotatable bonds is 5. The predicted octanol–water partition coefficient (Wildman–Crippen LogP) is 1.72. The first-order valence-corrected chi connectivity index (χ1v) is 9.78. The molecule has 0 aromatic heterocycles. The Labute approximate surface area is 145 Å². The lowest BCUT2D eigenvalue weighted by Crippen LogP contribution is -2.54. The second-order valence-corrected chi connectivity index (χ2v) is 8.73. The first-order chi connectivity index (χ1) is 10.4. The van der Waals surface area contributed by atoms with Gasteiger partial charge in [-0.2, -0.15) is 0 Å². The Morgan fingerprint density at radius 2 is 1.78 bits per heavy atom. The Kier molecular flexibility index (Phi) is 7.77. The second kappa shape index (κ2) is 8.65. The van der Waals surface area contributed by atoms with Crippen molar-refractivity contribution >= 4 is 28.4 Å². The van der Waals surface area contributed by atoms with E-state index in [9.17, 15) is 13.2 Å². The standard InChI is InChI=1S/C15H28N2O4S.ClH/c1-21-14(18)12-7-3-4-8-13(12)22(19,20)17-11-15(16)9-5-2-6-10-15;/h12-13,17H,2-11,16H2,1H3;1H. The number of methoxy groups -OCH3 is 1.